The molecule has 0 spiro atoms. The van der Waals surface area contributed by atoms with Gasteiger partial charge in [0.25, 0.3) is 0 Å². The van der Waals surface area contributed by atoms with E-state index in [0.29, 0.717) is 17.7 Å². The van der Waals surface area contributed by atoms with Gasteiger partial charge in [0.1, 0.15) is 6.17 Å². The third-order valence-electron chi connectivity index (χ3n) is 5.33. The third-order valence-corrected chi connectivity index (χ3v) is 5.33. The van der Waals surface area contributed by atoms with Crippen LogP contribution in [0.3, 0.4) is 0 Å². The highest BCUT2D eigenvalue weighted by molar-refractivity contribution is 5.76. The van der Waals surface area contributed by atoms with Crippen LogP contribution < -0.4 is 5.62 Å². The van der Waals surface area contributed by atoms with Gasteiger partial charge >= 0.3 is 0 Å². The van der Waals surface area contributed by atoms with Crippen LogP contribution >= 0.6 is 0 Å². The zero-order valence-corrected chi connectivity index (χ0v) is 16.1. The van der Waals surface area contributed by atoms with Crippen LogP contribution in [-0.4, -0.2) is 9.13 Å². The second-order valence-electron chi connectivity index (χ2n) is 7.31. The number of imidazole rings is 1. The number of halogens is 1. The minimum Gasteiger partial charge on any atom is -0.306 e. The van der Waals surface area contributed by atoms with E-state index in [4.69, 9.17) is 5.41 Å². The van der Waals surface area contributed by atoms with Crippen LogP contribution in [0.5, 0.6) is 0 Å². The molecule has 28 heavy (non-hydrogen) atoms. The van der Waals surface area contributed by atoms with Crippen molar-refractivity contribution in [2.24, 2.45) is 0 Å². The number of nitrogens with zero attached hydrogens (tertiary/aromatic N) is 2. The maximum atomic E-state index is 15.3. The minimum atomic E-state index is -1.19. The molecule has 3 nitrogen and oxygen atoms in total. The van der Waals surface area contributed by atoms with Crippen LogP contribution in [0.2, 0.25) is 0 Å². The van der Waals surface area contributed by atoms with E-state index >= 15 is 4.39 Å². The average molecular weight is 373 g/mol. The highest BCUT2D eigenvalue weighted by atomic mass is 19.1. The summed E-state index contributed by atoms with van der Waals surface area (Å²) < 4.78 is 19.0. The van der Waals surface area contributed by atoms with E-state index in [1.165, 1.54) is 5.56 Å². The van der Waals surface area contributed by atoms with Gasteiger partial charge in [0.2, 0.25) is 5.62 Å². The molecular weight excluding hydrogens is 349 g/mol. The number of aromatic nitrogens is 2. The maximum absolute atomic E-state index is 15.3. The fourth-order valence-electron chi connectivity index (χ4n) is 3.75. The van der Waals surface area contributed by atoms with Crippen LogP contribution in [0, 0.1) is 12.3 Å². The monoisotopic (exact) mass is 373 g/mol. The molecule has 4 heteroatoms. The van der Waals surface area contributed by atoms with Crippen molar-refractivity contribution >= 4 is 11.0 Å². The first-order valence-corrected chi connectivity index (χ1v) is 9.55. The standard InChI is InChI=1S/C24H24FN3/c1-17-12-14-19(15-13-17)16-27-21-10-6-7-11-22(21)28(24(27)26)18(2)23(25)20-8-4-3-5-9-20/h3-15,18,23,26H,16H2,1-2H3/t18-,23+/m0/s1. The lowest BCUT2D eigenvalue weighted by Gasteiger charge is -2.19. The van der Waals surface area contributed by atoms with E-state index < -0.39 is 12.2 Å². The highest BCUT2D eigenvalue weighted by Crippen LogP contribution is 2.31. The lowest BCUT2D eigenvalue weighted by molar-refractivity contribution is 0.245. The molecule has 0 aliphatic heterocycles. The van der Waals surface area contributed by atoms with Crippen LogP contribution in [-0.2, 0) is 6.54 Å². The number of hydrogen-bond donors (Lipinski definition) is 1. The highest BCUT2D eigenvalue weighted by Gasteiger charge is 2.24. The number of alkyl halides is 1. The van der Waals surface area contributed by atoms with Gasteiger partial charge in [0, 0.05) is 0 Å². The predicted octanol–water partition coefficient (Wildman–Crippen LogP) is 5.55. The van der Waals surface area contributed by atoms with Crippen molar-refractivity contribution in [3.8, 4) is 0 Å². The number of para-hydroxylation sites is 2. The number of hydrogen-bond acceptors (Lipinski definition) is 1. The molecule has 0 amide bonds. The Morgan fingerprint density at radius 3 is 2.14 bits per heavy atom. The SMILES string of the molecule is Cc1ccc(Cn2c(=N)n([C@@H](C)[C@@H](F)c3ccccc3)c3ccccc32)cc1. The first-order valence-electron chi connectivity index (χ1n) is 9.55. The van der Waals surface area contributed by atoms with E-state index in [-0.39, 0.29) is 0 Å². The summed E-state index contributed by atoms with van der Waals surface area (Å²) in [5.41, 5.74) is 5.11. The lowest BCUT2D eigenvalue weighted by atomic mass is 10.0. The summed E-state index contributed by atoms with van der Waals surface area (Å²) >= 11 is 0. The molecule has 1 N–H and O–H groups in total. The van der Waals surface area contributed by atoms with Gasteiger partial charge in [-0.3, -0.25) is 5.41 Å². The molecular formula is C24H24FN3. The Balaban J connectivity index is 1.80. The molecule has 2 atom stereocenters. The van der Waals surface area contributed by atoms with Gasteiger partial charge in [-0.25, -0.2) is 4.39 Å². The molecule has 4 aromatic rings. The van der Waals surface area contributed by atoms with Crippen molar-refractivity contribution in [3.63, 3.8) is 0 Å². The maximum Gasteiger partial charge on any atom is 0.203 e. The molecule has 0 radical (unpaired) electrons. The molecule has 142 valence electrons. The molecule has 0 unspecified atom stereocenters. The second-order valence-corrected chi connectivity index (χ2v) is 7.31. The van der Waals surface area contributed by atoms with Gasteiger partial charge in [-0.2, -0.15) is 0 Å². The van der Waals surface area contributed by atoms with E-state index in [2.05, 4.69) is 31.2 Å². The summed E-state index contributed by atoms with van der Waals surface area (Å²) in [6.45, 7) is 4.49. The number of benzene rings is 3. The van der Waals surface area contributed by atoms with Crippen LogP contribution in [0.4, 0.5) is 4.39 Å². The number of aryl methyl sites for hydroxylation is 1. The first kappa shape index (κ1) is 18.2. The third kappa shape index (κ3) is 3.26. The fourth-order valence-corrected chi connectivity index (χ4v) is 3.75. The van der Waals surface area contributed by atoms with Crippen molar-refractivity contribution in [2.45, 2.75) is 32.6 Å². The van der Waals surface area contributed by atoms with Crippen molar-refractivity contribution in [3.05, 3.63) is 101 Å². The predicted molar refractivity (Wildman–Crippen MR) is 111 cm³/mol. The molecule has 0 fully saturated rings. The quantitative estimate of drug-likeness (QED) is 0.476. The molecule has 0 aliphatic rings. The Kier molecular flexibility index (Phi) is 4.86. The average Bonchev–Trinajstić information content (AvgIpc) is 3.01. The summed E-state index contributed by atoms with van der Waals surface area (Å²) in [6.07, 6.45) is -1.19. The van der Waals surface area contributed by atoms with Gasteiger partial charge in [-0.05, 0) is 37.1 Å². The first-order chi connectivity index (χ1) is 13.6. The number of fused-ring (bicyclic) bond motifs is 1. The van der Waals surface area contributed by atoms with Crippen molar-refractivity contribution in [1.82, 2.24) is 9.13 Å². The van der Waals surface area contributed by atoms with Gasteiger partial charge in [0.05, 0.1) is 23.6 Å². The van der Waals surface area contributed by atoms with E-state index in [9.17, 15) is 0 Å². The molecule has 3 aromatic carbocycles. The van der Waals surface area contributed by atoms with Crippen LogP contribution in [0.25, 0.3) is 11.0 Å². The Labute approximate surface area is 164 Å². The molecule has 0 saturated carbocycles. The number of rotatable bonds is 5. The minimum absolute atomic E-state index is 0.313. The summed E-state index contributed by atoms with van der Waals surface area (Å²) in [5.74, 6) is 0. The van der Waals surface area contributed by atoms with Crippen molar-refractivity contribution in [2.75, 3.05) is 0 Å². The zero-order valence-electron chi connectivity index (χ0n) is 16.1. The van der Waals surface area contributed by atoms with Gasteiger partial charge in [-0.1, -0.05) is 72.3 Å². The van der Waals surface area contributed by atoms with Gasteiger partial charge in [-0.15, -0.1) is 0 Å². The van der Waals surface area contributed by atoms with Crippen LogP contribution in [0.1, 0.15) is 35.8 Å². The second kappa shape index (κ2) is 7.47. The van der Waals surface area contributed by atoms with Crippen molar-refractivity contribution < 1.29 is 4.39 Å². The Bertz CT molecular complexity index is 1140. The molecule has 0 bridgehead atoms. The smallest absolute Gasteiger partial charge is 0.203 e. The van der Waals surface area contributed by atoms with Gasteiger partial charge < -0.3 is 9.13 Å². The summed E-state index contributed by atoms with van der Waals surface area (Å²) in [5, 5.41) is 8.81. The molecule has 1 aromatic heterocycles. The lowest BCUT2D eigenvalue weighted by Crippen LogP contribution is -2.29. The Hall–Kier alpha value is -3.14. The van der Waals surface area contributed by atoms with E-state index in [1.807, 2.05) is 54.0 Å². The molecule has 0 saturated heterocycles. The van der Waals surface area contributed by atoms with E-state index in [1.54, 1.807) is 16.7 Å². The van der Waals surface area contributed by atoms with Gasteiger partial charge in [0.15, 0.2) is 0 Å². The topological polar surface area (TPSA) is 33.7 Å². The normalized spacial score (nSPS) is 13.5. The fraction of sp³-hybridized carbons (Fsp3) is 0.208. The molecule has 0 aliphatic carbocycles. The summed E-state index contributed by atoms with van der Waals surface area (Å²) in [4.78, 5) is 0. The van der Waals surface area contributed by atoms with Crippen molar-refractivity contribution in [1.29, 1.82) is 5.41 Å². The zero-order chi connectivity index (χ0) is 19.7. The largest absolute Gasteiger partial charge is 0.306 e. The Morgan fingerprint density at radius 2 is 1.46 bits per heavy atom. The number of nitrogens with one attached hydrogen (secondary N) is 1. The molecule has 4 rings (SSSR count). The van der Waals surface area contributed by atoms with E-state index in [0.717, 1.165) is 16.6 Å². The molecule has 1 heterocycles. The van der Waals surface area contributed by atoms with Crippen LogP contribution in [0.15, 0.2) is 78.9 Å². The Morgan fingerprint density at radius 1 is 0.857 bits per heavy atom. The summed E-state index contributed by atoms with van der Waals surface area (Å²) in [6, 6.07) is 24.9. The summed E-state index contributed by atoms with van der Waals surface area (Å²) in [7, 11) is 0.